The zero-order valence-corrected chi connectivity index (χ0v) is 13.6. The van der Waals surface area contributed by atoms with Gasteiger partial charge in [-0.3, -0.25) is 4.79 Å². The molecule has 0 aliphatic carbocycles. The molecule has 1 N–H and O–H groups in total. The van der Waals surface area contributed by atoms with E-state index < -0.39 is 5.97 Å². The summed E-state index contributed by atoms with van der Waals surface area (Å²) >= 11 is 0. The number of carboxylic acid groups (broad SMARTS) is 1. The van der Waals surface area contributed by atoms with Crippen LogP contribution in [0.4, 0.5) is 0 Å². The molecular weight excluding hydrogens is 288 g/mol. The highest BCUT2D eigenvalue weighted by Gasteiger charge is 2.15. The molecule has 0 radical (unpaired) electrons. The van der Waals surface area contributed by atoms with Gasteiger partial charge < -0.3 is 9.67 Å². The van der Waals surface area contributed by atoms with Gasteiger partial charge in [0.2, 0.25) is 0 Å². The molecule has 0 saturated carbocycles. The van der Waals surface area contributed by atoms with E-state index >= 15 is 0 Å². The second-order valence-electron chi connectivity index (χ2n) is 5.97. The second-order valence-corrected chi connectivity index (χ2v) is 5.97. The van der Waals surface area contributed by atoms with E-state index in [2.05, 4.69) is 26.0 Å². The van der Waals surface area contributed by atoms with E-state index in [0.717, 1.165) is 28.0 Å². The fourth-order valence-electron chi connectivity index (χ4n) is 2.84. The Morgan fingerprint density at radius 3 is 2.48 bits per heavy atom. The molecule has 23 heavy (non-hydrogen) atoms. The maximum absolute atomic E-state index is 11.0. The summed E-state index contributed by atoms with van der Waals surface area (Å²) in [5.41, 5.74) is 6.46. The lowest BCUT2D eigenvalue weighted by atomic mass is 10.1. The largest absolute Gasteiger partial charge is 0.481 e. The fraction of sp³-hybridized carbons (Fsp3) is 0.263. The number of aryl methyl sites for hydroxylation is 4. The van der Waals surface area contributed by atoms with Crippen LogP contribution in [0.2, 0.25) is 0 Å². The molecule has 0 bridgehead atoms. The zero-order chi connectivity index (χ0) is 16.6. The number of fused-ring (bicyclic) bond motifs is 1. The van der Waals surface area contributed by atoms with Crippen molar-refractivity contribution in [1.82, 2.24) is 9.55 Å². The van der Waals surface area contributed by atoms with Crippen molar-refractivity contribution in [3.05, 3.63) is 53.1 Å². The van der Waals surface area contributed by atoms with E-state index in [4.69, 9.17) is 10.1 Å². The number of nitrogens with zero attached hydrogens (tertiary/aromatic N) is 2. The number of rotatable bonds is 4. The van der Waals surface area contributed by atoms with Gasteiger partial charge in [-0.15, -0.1) is 0 Å². The lowest BCUT2D eigenvalue weighted by Crippen LogP contribution is -2.06. The molecule has 0 atom stereocenters. The van der Waals surface area contributed by atoms with Crippen molar-refractivity contribution in [2.75, 3.05) is 0 Å². The van der Waals surface area contributed by atoms with Crippen LogP contribution in [-0.4, -0.2) is 20.6 Å². The Hall–Kier alpha value is -2.62. The van der Waals surface area contributed by atoms with E-state index in [0.29, 0.717) is 6.54 Å². The van der Waals surface area contributed by atoms with Crippen LogP contribution in [0.15, 0.2) is 36.4 Å². The van der Waals surface area contributed by atoms with Crippen molar-refractivity contribution in [1.29, 1.82) is 0 Å². The molecular formula is C19H20N2O2. The highest BCUT2D eigenvalue weighted by Crippen LogP contribution is 2.29. The fourth-order valence-corrected chi connectivity index (χ4v) is 2.84. The third-order valence-corrected chi connectivity index (χ3v) is 4.30. The number of benzene rings is 2. The highest BCUT2D eigenvalue weighted by atomic mass is 16.4. The third-order valence-electron chi connectivity index (χ3n) is 4.30. The van der Waals surface area contributed by atoms with Crippen LogP contribution in [-0.2, 0) is 11.3 Å². The van der Waals surface area contributed by atoms with Crippen molar-refractivity contribution >= 4 is 17.0 Å². The summed E-state index contributed by atoms with van der Waals surface area (Å²) in [6, 6.07) is 12.2. The SMILES string of the molecule is Cc1cc2nc(-c3ccccc3C)n(CCC(=O)O)c2cc1C. The Kier molecular flexibility index (Phi) is 3.90. The average Bonchev–Trinajstić information content (AvgIpc) is 2.83. The molecule has 3 aromatic rings. The van der Waals surface area contributed by atoms with Gasteiger partial charge in [0, 0.05) is 12.1 Å². The molecule has 4 heteroatoms. The van der Waals surface area contributed by atoms with Gasteiger partial charge in [0.15, 0.2) is 0 Å². The minimum Gasteiger partial charge on any atom is -0.481 e. The average molecular weight is 308 g/mol. The maximum Gasteiger partial charge on any atom is 0.305 e. The molecule has 1 aromatic heterocycles. The number of imidazole rings is 1. The summed E-state index contributed by atoms with van der Waals surface area (Å²) in [6.45, 7) is 6.60. The van der Waals surface area contributed by atoms with E-state index in [1.54, 1.807) is 0 Å². The Morgan fingerprint density at radius 1 is 1.09 bits per heavy atom. The number of aliphatic carboxylic acids is 1. The Morgan fingerprint density at radius 2 is 1.78 bits per heavy atom. The summed E-state index contributed by atoms with van der Waals surface area (Å²) in [4.78, 5) is 15.8. The summed E-state index contributed by atoms with van der Waals surface area (Å²) in [6.07, 6.45) is 0.0806. The first-order chi connectivity index (χ1) is 11.0. The van der Waals surface area contributed by atoms with Crippen LogP contribution in [0.5, 0.6) is 0 Å². The molecule has 0 aliphatic heterocycles. The molecule has 118 valence electrons. The normalized spacial score (nSPS) is 11.1. The lowest BCUT2D eigenvalue weighted by Gasteiger charge is -2.10. The van der Waals surface area contributed by atoms with Crippen LogP contribution < -0.4 is 0 Å². The predicted molar refractivity (Wildman–Crippen MR) is 91.6 cm³/mol. The van der Waals surface area contributed by atoms with Crippen LogP contribution in [0.3, 0.4) is 0 Å². The highest BCUT2D eigenvalue weighted by molar-refractivity contribution is 5.83. The van der Waals surface area contributed by atoms with Gasteiger partial charge >= 0.3 is 5.97 Å². The lowest BCUT2D eigenvalue weighted by molar-refractivity contribution is -0.137. The minimum atomic E-state index is -0.800. The Bertz CT molecular complexity index is 894. The van der Waals surface area contributed by atoms with Gasteiger partial charge in [-0.05, 0) is 49.6 Å². The quantitative estimate of drug-likeness (QED) is 0.789. The third kappa shape index (κ3) is 2.84. The molecule has 0 saturated heterocycles. The predicted octanol–water partition coefficient (Wildman–Crippen LogP) is 4.10. The molecule has 3 rings (SSSR count). The van der Waals surface area contributed by atoms with Crippen LogP contribution >= 0.6 is 0 Å². The van der Waals surface area contributed by atoms with E-state index in [-0.39, 0.29) is 6.42 Å². The maximum atomic E-state index is 11.0. The Labute approximate surface area is 135 Å². The number of carboxylic acids is 1. The van der Waals surface area contributed by atoms with E-state index in [1.165, 1.54) is 11.1 Å². The molecule has 0 spiro atoms. The first kappa shape index (κ1) is 15.3. The molecule has 4 nitrogen and oxygen atoms in total. The molecule has 0 unspecified atom stereocenters. The number of carbonyl (C=O) groups is 1. The van der Waals surface area contributed by atoms with E-state index in [1.807, 2.05) is 35.8 Å². The topological polar surface area (TPSA) is 55.1 Å². The summed E-state index contributed by atoms with van der Waals surface area (Å²) in [5.74, 6) is 0.0377. The summed E-state index contributed by atoms with van der Waals surface area (Å²) < 4.78 is 2.03. The second kappa shape index (κ2) is 5.88. The molecule has 1 heterocycles. The van der Waals surface area contributed by atoms with Gasteiger partial charge in [0.1, 0.15) is 5.82 Å². The van der Waals surface area contributed by atoms with Crippen molar-refractivity contribution in [2.24, 2.45) is 0 Å². The first-order valence-electron chi connectivity index (χ1n) is 7.72. The van der Waals surface area contributed by atoms with Gasteiger partial charge in [-0.2, -0.15) is 0 Å². The van der Waals surface area contributed by atoms with Crippen molar-refractivity contribution in [2.45, 2.75) is 33.7 Å². The number of hydrogen-bond acceptors (Lipinski definition) is 2. The smallest absolute Gasteiger partial charge is 0.305 e. The summed E-state index contributed by atoms with van der Waals surface area (Å²) in [7, 11) is 0. The monoisotopic (exact) mass is 308 g/mol. The molecule has 0 amide bonds. The Balaban J connectivity index is 2.25. The van der Waals surface area contributed by atoms with Gasteiger partial charge in [-0.1, -0.05) is 24.3 Å². The van der Waals surface area contributed by atoms with Gasteiger partial charge in [-0.25, -0.2) is 4.98 Å². The first-order valence-corrected chi connectivity index (χ1v) is 7.72. The van der Waals surface area contributed by atoms with Crippen molar-refractivity contribution in [3.63, 3.8) is 0 Å². The van der Waals surface area contributed by atoms with Crippen molar-refractivity contribution < 1.29 is 9.90 Å². The molecule has 0 aliphatic rings. The molecule has 0 fully saturated rings. The number of aromatic nitrogens is 2. The van der Waals surface area contributed by atoms with Crippen LogP contribution in [0.25, 0.3) is 22.4 Å². The van der Waals surface area contributed by atoms with Crippen LogP contribution in [0, 0.1) is 20.8 Å². The number of hydrogen-bond donors (Lipinski definition) is 1. The molecule has 2 aromatic carbocycles. The summed E-state index contributed by atoms with van der Waals surface area (Å²) in [5, 5.41) is 9.07. The van der Waals surface area contributed by atoms with Gasteiger partial charge in [0.25, 0.3) is 0 Å². The zero-order valence-electron chi connectivity index (χ0n) is 13.6. The van der Waals surface area contributed by atoms with Gasteiger partial charge in [0.05, 0.1) is 17.5 Å². The van der Waals surface area contributed by atoms with Crippen molar-refractivity contribution in [3.8, 4) is 11.4 Å². The standard InChI is InChI=1S/C19H20N2O2/c1-12-6-4-5-7-15(12)19-20-16-10-13(2)14(3)11-17(16)21(19)9-8-18(22)23/h4-7,10-11H,8-9H2,1-3H3,(H,22,23). The van der Waals surface area contributed by atoms with E-state index in [9.17, 15) is 4.79 Å². The minimum absolute atomic E-state index is 0.0806. The van der Waals surface area contributed by atoms with Crippen LogP contribution in [0.1, 0.15) is 23.1 Å².